The molecule has 1 fully saturated rings. The molecule has 80 valence electrons. The molecule has 2 rings (SSSR count). The van der Waals surface area contributed by atoms with Gasteiger partial charge in [0.2, 0.25) is 5.95 Å². The third kappa shape index (κ3) is 2.62. The van der Waals surface area contributed by atoms with E-state index in [9.17, 15) is 0 Å². The molecule has 1 unspecified atom stereocenters. The Balaban J connectivity index is 2.07. The van der Waals surface area contributed by atoms with Crippen molar-refractivity contribution in [3.05, 3.63) is 18.0 Å². The molecule has 1 atom stereocenters. The maximum Gasteiger partial charge on any atom is 0.223 e. The maximum atomic E-state index is 5.50. The van der Waals surface area contributed by atoms with Crippen LogP contribution in [0.3, 0.4) is 0 Å². The topological polar surface area (TPSA) is 63.8 Å². The van der Waals surface area contributed by atoms with E-state index in [0.717, 1.165) is 5.92 Å². The minimum absolute atomic E-state index is 0.305. The highest BCUT2D eigenvalue weighted by Crippen LogP contribution is 2.33. The Morgan fingerprint density at radius 1 is 1.67 bits per heavy atom. The molecule has 1 aromatic rings. The molecule has 0 bridgehead atoms. The van der Waals surface area contributed by atoms with Crippen LogP contribution >= 0.6 is 12.2 Å². The fourth-order valence-corrected chi connectivity index (χ4v) is 1.60. The lowest BCUT2D eigenvalue weighted by molar-refractivity contribution is 0.686. The highest BCUT2D eigenvalue weighted by Gasteiger charge is 2.28. The first-order valence-corrected chi connectivity index (χ1v) is 5.47. The minimum Gasteiger partial charge on any atom is -0.388 e. The van der Waals surface area contributed by atoms with E-state index < -0.39 is 0 Å². The number of hydrogen-bond acceptors (Lipinski definition) is 4. The van der Waals surface area contributed by atoms with E-state index in [0.29, 0.717) is 22.7 Å². The lowest BCUT2D eigenvalue weighted by Crippen LogP contribution is -2.20. The quantitative estimate of drug-likeness (QED) is 0.752. The maximum absolute atomic E-state index is 5.50. The summed E-state index contributed by atoms with van der Waals surface area (Å²) in [6.07, 6.45) is 4.26. The smallest absolute Gasteiger partial charge is 0.223 e. The molecule has 0 spiro atoms. The van der Waals surface area contributed by atoms with Crippen molar-refractivity contribution in [1.82, 2.24) is 9.97 Å². The van der Waals surface area contributed by atoms with Crippen LogP contribution in [0.25, 0.3) is 0 Å². The second-order valence-corrected chi connectivity index (χ2v) is 4.34. The van der Waals surface area contributed by atoms with Crippen LogP contribution in [0.5, 0.6) is 0 Å². The van der Waals surface area contributed by atoms with Crippen molar-refractivity contribution in [2.24, 2.45) is 11.7 Å². The fourth-order valence-electron chi connectivity index (χ4n) is 1.48. The van der Waals surface area contributed by atoms with Crippen molar-refractivity contribution in [2.75, 3.05) is 5.32 Å². The van der Waals surface area contributed by atoms with Gasteiger partial charge in [-0.15, -0.1) is 0 Å². The Morgan fingerprint density at radius 3 is 3.00 bits per heavy atom. The van der Waals surface area contributed by atoms with E-state index in [4.69, 9.17) is 18.0 Å². The molecule has 0 saturated heterocycles. The van der Waals surface area contributed by atoms with Crippen LogP contribution in [-0.4, -0.2) is 21.0 Å². The van der Waals surface area contributed by atoms with Crippen LogP contribution in [-0.2, 0) is 0 Å². The summed E-state index contributed by atoms with van der Waals surface area (Å²) >= 11 is 4.86. The molecule has 5 heteroatoms. The average Bonchev–Trinajstić information content (AvgIpc) is 3.01. The Hall–Kier alpha value is -1.23. The molecular weight excluding hydrogens is 208 g/mol. The van der Waals surface area contributed by atoms with Crippen molar-refractivity contribution in [2.45, 2.75) is 25.8 Å². The van der Waals surface area contributed by atoms with Gasteiger partial charge < -0.3 is 11.1 Å². The number of nitrogens with zero attached hydrogens (tertiary/aromatic N) is 2. The van der Waals surface area contributed by atoms with Gasteiger partial charge in [-0.05, 0) is 31.7 Å². The Morgan fingerprint density at radius 2 is 2.40 bits per heavy atom. The lowest BCUT2D eigenvalue weighted by Gasteiger charge is -2.12. The van der Waals surface area contributed by atoms with Gasteiger partial charge in [0.05, 0.1) is 0 Å². The molecule has 1 aliphatic rings. The molecule has 3 N–H and O–H groups in total. The van der Waals surface area contributed by atoms with Gasteiger partial charge in [-0.2, -0.15) is 0 Å². The van der Waals surface area contributed by atoms with Gasteiger partial charge in [-0.3, -0.25) is 0 Å². The zero-order valence-corrected chi connectivity index (χ0v) is 9.42. The predicted octanol–water partition coefficient (Wildman–Crippen LogP) is 1.32. The Kier molecular flexibility index (Phi) is 2.81. The van der Waals surface area contributed by atoms with Crippen molar-refractivity contribution >= 4 is 23.2 Å². The number of hydrogen-bond donors (Lipinski definition) is 2. The highest BCUT2D eigenvalue weighted by atomic mass is 32.1. The molecular formula is C10H14N4S. The van der Waals surface area contributed by atoms with E-state index in [2.05, 4.69) is 22.2 Å². The summed E-state index contributed by atoms with van der Waals surface area (Å²) in [6, 6.07) is 2.14. The van der Waals surface area contributed by atoms with E-state index in [-0.39, 0.29) is 0 Å². The first-order valence-electron chi connectivity index (χ1n) is 5.06. The van der Waals surface area contributed by atoms with Crippen molar-refractivity contribution in [3.63, 3.8) is 0 Å². The van der Waals surface area contributed by atoms with E-state index in [1.54, 1.807) is 12.3 Å². The average molecular weight is 222 g/mol. The SMILES string of the molecule is CC(Nc1nccc(C(N)=S)n1)C1CC1. The van der Waals surface area contributed by atoms with E-state index in [1.165, 1.54) is 12.8 Å². The van der Waals surface area contributed by atoms with Crippen LogP contribution in [0.15, 0.2) is 12.3 Å². The third-order valence-corrected chi connectivity index (χ3v) is 2.80. The summed E-state index contributed by atoms with van der Waals surface area (Å²) in [5.41, 5.74) is 6.12. The van der Waals surface area contributed by atoms with Gasteiger partial charge in [-0.25, -0.2) is 9.97 Å². The standard InChI is InChI=1S/C10H14N4S/c1-6(7-2-3-7)13-10-12-5-4-8(14-10)9(11)15/h4-7H,2-3H2,1H3,(H2,11,15)(H,12,13,14). The lowest BCUT2D eigenvalue weighted by atomic mass is 10.2. The summed E-state index contributed by atoms with van der Waals surface area (Å²) in [5, 5.41) is 3.26. The molecule has 0 aromatic carbocycles. The summed E-state index contributed by atoms with van der Waals surface area (Å²) in [4.78, 5) is 8.67. The first kappa shape index (κ1) is 10.3. The Labute approximate surface area is 94.3 Å². The second kappa shape index (κ2) is 4.10. The molecule has 1 aromatic heterocycles. The second-order valence-electron chi connectivity index (χ2n) is 3.90. The summed E-state index contributed by atoms with van der Waals surface area (Å²) in [7, 11) is 0. The summed E-state index contributed by atoms with van der Waals surface area (Å²) < 4.78 is 0. The van der Waals surface area contributed by atoms with Gasteiger partial charge in [0.25, 0.3) is 0 Å². The number of nitrogens with one attached hydrogen (secondary N) is 1. The molecule has 0 radical (unpaired) electrons. The van der Waals surface area contributed by atoms with Crippen LogP contribution < -0.4 is 11.1 Å². The van der Waals surface area contributed by atoms with E-state index in [1.807, 2.05) is 0 Å². The van der Waals surface area contributed by atoms with Gasteiger partial charge in [-0.1, -0.05) is 12.2 Å². The zero-order valence-electron chi connectivity index (χ0n) is 8.60. The number of rotatable bonds is 4. The van der Waals surface area contributed by atoms with E-state index >= 15 is 0 Å². The molecule has 0 amide bonds. The van der Waals surface area contributed by atoms with Gasteiger partial charge in [0.15, 0.2) is 0 Å². The first-order chi connectivity index (χ1) is 7.16. The summed E-state index contributed by atoms with van der Waals surface area (Å²) in [6.45, 7) is 2.15. The highest BCUT2D eigenvalue weighted by molar-refractivity contribution is 7.80. The normalized spacial score (nSPS) is 17.1. The molecule has 1 aliphatic carbocycles. The zero-order chi connectivity index (χ0) is 10.8. The molecule has 0 aliphatic heterocycles. The van der Waals surface area contributed by atoms with Crippen LogP contribution in [0, 0.1) is 5.92 Å². The van der Waals surface area contributed by atoms with Gasteiger partial charge in [0.1, 0.15) is 10.7 Å². The number of anilines is 1. The molecule has 1 saturated carbocycles. The molecule has 1 heterocycles. The largest absolute Gasteiger partial charge is 0.388 e. The molecule has 15 heavy (non-hydrogen) atoms. The van der Waals surface area contributed by atoms with Crippen LogP contribution in [0.4, 0.5) is 5.95 Å². The Bertz CT molecular complexity index is 375. The number of nitrogens with two attached hydrogens (primary N) is 1. The number of thiocarbonyl (C=S) groups is 1. The number of aromatic nitrogens is 2. The predicted molar refractivity (Wildman–Crippen MR) is 63.7 cm³/mol. The third-order valence-electron chi connectivity index (χ3n) is 2.59. The van der Waals surface area contributed by atoms with Crippen LogP contribution in [0.2, 0.25) is 0 Å². The monoisotopic (exact) mass is 222 g/mol. The van der Waals surface area contributed by atoms with Crippen molar-refractivity contribution < 1.29 is 0 Å². The van der Waals surface area contributed by atoms with Crippen LogP contribution in [0.1, 0.15) is 25.5 Å². The fraction of sp³-hybridized carbons (Fsp3) is 0.500. The minimum atomic E-state index is 0.305. The molecule has 4 nitrogen and oxygen atoms in total. The van der Waals surface area contributed by atoms with Crippen molar-refractivity contribution in [3.8, 4) is 0 Å². The summed E-state index contributed by atoms with van der Waals surface area (Å²) in [5.74, 6) is 1.38. The van der Waals surface area contributed by atoms with Crippen molar-refractivity contribution in [1.29, 1.82) is 0 Å². The van der Waals surface area contributed by atoms with Gasteiger partial charge >= 0.3 is 0 Å². The van der Waals surface area contributed by atoms with Gasteiger partial charge in [0, 0.05) is 12.2 Å².